The Morgan fingerprint density at radius 1 is 1.00 bits per heavy atom. The van der Waals surface area contributed by atoms with Crippen LogP contribution in [-0.2, 0) is 0 Å². The summed E-state index contributed by atoms with van der Waals surface area (Å²) in [7, 11) is 0. The molecule has 0 radical (unpaired) electrons. The molecule has 2 rings (SSSR count). The molecule has 0 aromatic heterocycles. The molecule has 2 aromatic carbocycles. The molecular weight excluding hydrogens is 227 g/mol. The SMILES string of the molecule is CB=C/C(C)=c1/cccc(-c2ccccc2)/c1=C/C. The summed E-state index contributed by atoms with van der Waals surface area (Å²) in [5.74, 6) is 2.16. The molecule has 0 spiro atoms. The molecule has 0 amide bonds. The number of hydrogen-bond acceptors (Lipinski definition) is 0. The topological polar surface area (TPSA) is 0 Å². The number of benzene rings is 2. The molecule has 94 valence electrons. The molecule has 0 heterocycles. The fourth-order valence-corrected chi connectivity index (χ4v) is 2.43. The molecule has 0 atom stereocenters. The summed E-state index contributed by atoms with van der Waals surface area (Å²) in [5, 5.41) is 2.62. The van der Waals surface area contributed by atoms with Crippen molar-refractivity contribution in [1.82, 2.24) is 0 Å². The van der Waals surface area contributed by atoms with Crippen LogP contribution in [0.1, 0.15) is 13.8 Å². The van der Waals surface area contributed by atoms with E-state index in [-0.39, 0.29) is 0 Å². The van der Waals surface area contributed by atoms with E-state index in [0.29, 0.717) is 0 Å². The summed E-state index contributed by atoms with van der Waals surface area (Å²) in [5.41, 5.74) is 3.86. The van der Waals surface area contributed by atoms with Crippen LogP contribution >= 0.6 is 0 Å². The predicted molar refractivity (Wildman–Crippen MR) is 88.0 cm³/mol. The van der Waals surface area contributed by atoms with Gasteiger partial charge in [-0.05, 0) is 0 Å². The zero-order chi connectivity index (χ0) is 13.7. The molecule has 0 saturated carbocycles. The van der Waals surface area contributed by atoms with Gasteiger partial charge in [-0.25, -0.2) is 0 Å². The standard InChI is InChI=1S/C18H19B/c1-4-16-17(14(2)13-19-3)11-8-12-18(16)15-9-6-5-7-10-15/h4-13H,1-3H3/b16-4+,17-14-. The van der Waals surface area contributed by atoms with Gasteiger partial charge in [-0.1, -0.05) is 0 Å². The van der Waals surface area contributed by atoms with Crippen molar-refractivity contribution in [1.29, 1.82) is 0 Å². The zero-order valence-corrected chi connectivity index (χ0v) is 11.9. The summed E-state index contributed by atoms with van der Waals surface area (Å²) in [6, 6.07) is 17.1. The quantitative estimate of drug-likeness (QED) is 0.715. The van der Waals surface area contributed by atoms with Crippen LogP contribution in [0.2, 0.25) is 6.82 Å². The van der Waals surface area contributed by atoms with E-state index in [9.17, 15) is 0 Å². The molecule has 19 heavy (non-hydrogen) atoms. The summed E-state index contributed by atoms with van der Waals surface area (Å²) < 4.78 is 0. The van der Waals surface area contributed by atoms with E-state index in [0.717, 1.165) is 0 Å². The number of rotatable bonds is 2. The van der Waals surface area contributed by atoms with E-state index < -0.39 is 0 Å². The monoisotopic (exact) mass is 246 g/mol. The Hall–Kier alpha value is -1.89. The molecule has 0 unspecified atom stereocenters. The molecule has 0 saturated heterocycles. The van der Waals surface area contributed by atoms with Crippen LogP contribution in [0.3, 0.4) is 0 Å². The minimum absolute atomic E-state index is 1.27. The third kappa shape index (κ3) is 2.93. The van der Waals surface area contributed by atoms with Gasteiger partial charge in [0.25, 0.3) is 0 Å². The van der Waals surface area contributed by atoms with Gasteiger partial charge < -0.3 is 0 Å². The van der Waals surface area contributed by atoms with E-state index in [4.69, 9.17) is 0 Å². The van der Waals surface area contributed by atoms with Crippen LogP contribution in [0.25, 0.3) is 22.8 Å². The Morgan fingerprint density at radius 3 is 2.37 bits per heavy atom. The molecule has 0 N–H and O–H groups in total. The van der Waals surface area contributed by atoms with E-state index in [2.05, 4.69) is 88.2 Å². The van der Waals surface area contributed by atoms with Gasteiger partial charge in [0, 0.05) is 0 Å². The molecule has 1 heteroatoms. The first-order valence-electron chi connectivity index (χ1n) is 6.72. The molecule has 0 fully saturated rings. The van der Waals surface area contributed by atoms with Crippen molar-refractivity contribution >= 4 is 24.5 Å². The maximum atomic E-state index is 2.20. The molecule has 0 aliphatic carbocycles. The average Bonchev–Trinajstić information content (AvgIpc) is 2.47. The van der Waals surface area contributed by atoms with E-state index in [1.54, 1.807) is 0 Å². The van der Waals surface area contributed by atoms with Gasteiger partial charge in [0.05, 0.1) is 0 Å². The van der Waals surface area contributed by atoms with Gasteiger partial charge in [0.1, 0.15) is 0 Å². The summed E-state index contributed by atoms with van der Waals surface area (Å²) >= 11 is 0. The molecule has 0 aliphatic rings. The summed E-state index contributed by atoms with van der Waals surface area (Å²) in [6.07, 6.45) is 2.20. The van der Waals surface area contributed by atoms with Crippen molar-refractivity contribution in [3.05, 3.63) is 59.0 Å². The molecule has 0 nitrogen and oxygen atoms in total. The first-order chi connectivity index (χ1) is 9.27. The van der Waals surface area contributed by atoms with E-state index in [1.807, 2.05) is 0 Å². The van der Waals surface area contributed by atoms with Gasteiger partial charge in [0.15, 0.2) is 0 Å². The minimum atomic E-state index is 1.27. The maximum absolute atomic E-state index is 2.20. The van der Waals surface area contributed by atoms with Gasteiger partial charge in [0.2, 0.25) is 0 Å². The fourth-order valence-electron chi connectivity index (χ4n) is 2.43. The van der Waals surface area contributed by atoms with E-state index >= 15 is 0 Å². The van der Waals surface area contributed by atoms with Crippen LogP contribution in [0, 0.1) is 0 Å². The zero-order valence-electron chi connectivity index (χ0n) is 11.9. The second-order valence-electron chi connectivity index (χ2n) is 4.60. The van der Waals surface area contributed by atoms with Gasteiger partial charge >= 0.3 is 115 Å². The third-order valence-electron chi connectivity index (χ3n) is 3.32. The van der Waals surface area contributed by atoms with Crippen molar-refractivity contribution in [3.63, 3.8) is 0 Å². The molecular formula is C18H19B. The Morgan fingerprint density at radius 2 is 1.74 bits per heavy atom. The van der Waals surface area contributed by atoms with Crippen LogP contribution in [0.4, 0.5) is 0 Å². The van der Waals surface area contributed by atoms with Crippen molar-refractivity contribution in [2.75, 3.05) is 0 Å². The fraction of sp³-hybridized carbons (Fsp3) is 0.167. The Balaban J connectivity index is 2.81. The van der Waals surface area contributed by atoms with Crippen LogP contribution in [0.15, 0.2) is 48.5 Å². The normalized spacial score (nSPS) is 13.5. The summed E-state index contributed by atoms with van der Waals surface area (Å²) in [4.78, 5) is 0. The molecule has 0 aliphatic heterocycles. The second kappa shape index (κ2) is 6.33. The third-order valence-corrected chi connectivity index (χ3v) is 3.32. The second-order valence-corrected chi connectivity index (χ2v) is 4.60. The Labute approximate surface area is 116 Å². The van der Waals surface area contributed by atoms with Crippen LogP contribution in [-0.4, -0.2) is 12.9 Å². The first kappa shape index (κ1) is 13.5. The van der Waals surface area contributed by atoms with Gasteiger partial charge in [-0.3, -0.25) is 0 Å². The van der Waals surface area contributed by atoms with Crippen LogP contribution in [0.5, 0.6) is 0 Å². The number of hydrogen-bond donors (Lipinski definition) is 0. The van der Waals surface area contributed by atoms with Crippen molar-refractivity contribution < 1.29 is 0 Å². The first-order valence-corrected chi connectivity index (χ1v) is 6.72. The van der Waals surface area contributed by atoms with Gasteiger partial charge in [-0.15, -0.1) is 0 Å². The van der Waals surface area contributed by atoms with E-state index in [1.165, 1.54) is 27.1 Å². The molecule has 0 bridgehead atoms. The van der Waals surface area contributed by atoms with Crippen LogP contribution < -0.4 is 10.4 Å². The average molecular weight is 246 g/mol. The summed E-state index contributed by atoms with van der Waals surface area (Å²) in [6.45, 7) is 8.41. The Bertz CT molecular complexity index is 694. The van der Waals surface area contributed by atoms with Crippen molar-refractivity contribution in [3.8, 4) is 11.1 Å². The predicted octanol–water partition coefficient (Wildman–Crippen LogP) is 2.88. The van der Waals surface area contributed by atoms with Crippen molar-refractivity contribution in [2.45, 2.75) is 20.7 Å². The Kier molecular flexibility index (Phi) is 4.51. The molecule has 2 aromatic rings. The van der Waals surface area contributed by atoms with Crippen molar-refractivity contribution in [2.24, 2.45) is 0 Å². The van der Waals surface area contributed by atoms with Gasteiger partial charge in [-0.2, -0.15) is 0 Å².